The summed E-state index contributed by atoms with van der Waals surface area (Å²) in [6, 6.07) is 5.51. The van der Waals surface area contributed by atoms with Crippen LogP contribution in [0.5, 0.6) is 11.5 Å². The fourth-order valence-electron chi connectivity index (χ4n) is 3.54. The molecule has 25 heavy (non-hydrogen) atoms. The van der Waals surface area contributed by atoms with Crippen LogP contribution >= 0.6 is 0 Å². The number of carbonyl (C=O) groups is 2. The van der Waals surface area contributed by atoms with Crippen molar-refractivity contribution in [2.75, 3.05) is 25.1 Å². The van der Waals surface area contributed by atoms with Crippen LogP contribution < -0.4 is 14.8 Å². The molecule has 2 amide bonds. The van der Waals surface area contributed by atoms with Gasteiger partial charge in [0.15, 0.2) is 11.5 Å². The highest BCUT2D eigenvalue weighted by Crippen LogP contribution is 2.32. The van der Waals surface area contributed by atoms with Crippen LogP contribution in [0.15, 0.2) is 18.2 Å². The van der Waals surface area contributed by atoms with Crippen molar-refractivity contribution in [1.82, 2.24) is 4.90 Å². The zero-order valence-electron chi connectivity index (χ0n) is 14.8. The molecule has 0 radical (unpaired) electrons. The Kier molecular flexibility index (Phi) is 5.79. The molecule has 6 nitrogen and oxygen atoms in total. The van der Waals surface area contributed by atoms with E-state index in [1.807, 2.05) is 0 Å². The summed E-state index contributed by atoms with van der Waals surface area (Å²) < 4.78 is 11.0. The number of benzene rings is 1. The van der Waals surface area contributed by atoms with Gasteiger partial charge in [-0.05, 0) is 25.0 Å². The largest absolute Gasteiger partial charge is 0.486 e. The van der Waals surface area contributed by atoms with Gasteiger partial charge in [0.05, 0.1) is 0 Å². The Hall–Kier alpha value is -2.24. The fraction of sp³-hybridized carbons (Fsp3) is 0.579. The maximum atomic E-state index is 12.4. The number of fused-ring (bicyclic) bond motifs is 1. The Morgan fingerprint density at radius 3 is 2.44 bits per heavy atom. The SMILES string of the molecule is CC(=O)N(CC(=O)Nc1ccc2c(c1)OCCO2)C1CCCCCC1. The van der Waals surface area contributed by atoms with Crippen molar-refractivity contribution in [3.05, 3.63) is 18.2 Å². The smallest absolute Gasteiger partial charge is 0.244 e. The number of carbonyl (C=O) groups excluding carboxylic acids is 2. The Morgan fingerprint density at radius 2 is 1.76 bits per heavy atom. The molecule has 1 heterocycles. The molecule has 0 spiro atoms. The molecular formula is C19H26N2O4. The number of anilines is 1. The van der Waals surface area contributed by atoms with E-state index in [4.69, 9.17) is 9.47 Å². The number of rotatable bonds is 4. The summed E-state index contributed by atoms with van der Waals surface area (Å²) in [5, 5.41) is 2.86. The van der Waals surface area contributed by atoms with Crippen LogP contribution in [0, 0.1) is 0 Å². The van der Waals surface area contributed by atoms with E-state index in [9.17, 15) is 9.59 Å². The van der Waals surface area contributed by atoms with Gasteiger partial charge in [-0.2, -0.15) is 0 Å². The van der Waals surface area contributed by atoms with Gasteiger partial charge in [0.1, 0.15) is 19.8 Å². The fourth-order valence-corrected chi connectivity index (χ4v) is 3.54. The van der Waals surface area contributed by atoms with Crippen LogP contribution in [0.3, 0.4) is 0 Å². The molecule has 0 bridgehead atoms. The first kappa shape index (κ1) is 17.6. The minimum absolute atomic E-state index is 0.0378. The lowest BCUT2D eigenvalue weighted by Gasteiger charge is -2.29. The van der Waals surface area contributed by atoms with Gasteiger partial charge in [-0.3, -0.25) is 9.59 Å². The third-order valence-electron chi connectivity index (χ3n) is 4.81. The molecule has 1 N–H and O–H groups in total. The van der Waals surface area contributed by atoms with Crippen LogP contribution in [-0.2, 0) is 9.59 Å². The molecule has 0 unspecified atom stereocenters. The van der Waals surface area contributed by atoms with E-state index in [1.54, 1.807) is 30.0 Å². The van der Waals surface area contributed by atoms with Crippen LogP contribution in [-0.4, -0.2) is 42.5 Å². The van der Waals surface area contributed by atoms with Crippen LogP contribution in [0.1, 0.15) is 45.4 Å². The third kappa shape index (κ3) is 4.65. The highest BCUT2D eigenvalue weighted by atomic mass is 16.6. The van der Waals surface area contributed by atoms with Crippen molar-refractivity contribution in [3.8, 4) is 11.5 Å². The van der Waals surface area contributed by atoms with Crippen molar-refractivity contribution in [2.24, 2.45) is 0 Å². The quantitative estimate of drug-likeness (QED) is 0.851. The van der Waals surface area contributed by atoms with Crippen molar-refractivity contribution in [2.45, 2.75) is 51.5 Å². The molecule has 0 aromatic heterocycles. The van der Waals surface area contributed by atoms with Gasteiger partial charge >= 0.3 is 0 Å². The molecule has 1 aromatic carbocycles. The average Bonchev–Trinajstić information content (AvgIpc) is 2.88. The number of hydrogen-bond acceptors (Lipinski definition) is 4. The second-order valence-corrected chi connectivity index (χ2v) is 6.70. The highest BCUT2D eigenvalue weighted by molar-refractivity contribution is 5.94. The van der Waals surface area contributed by atoms with Crippen molar-refractivity contribution < 1.29 is 19.1 Å². The topological polar surface area (TPSA) is 67.9 Å². The van der Waals surface area contributed by atoms with Gasteiger partial charge in [0.2, 0.25) is 11.8 Å². The average molecular weight is 346 g/mol. The molecule has 1 aliphatic heterocycles. The Labute approximate surface area is 148 Å². The Balaban J connectivity index is 1.62. The summed E-state index contributed by atoms with van der Waals surface area (Å²) >= 11 is 0. The van der Waals surface area contributed by atoms with Gasteiger partial charge < -0.3 is 19.7 Å². The first-order valence-corrected chi connectivity index (χ1v) is 9.10. The standard InChI is InChI=1S/C19H26N2O4/c1-14(22)21(16-6-4-2-3-5-7-16)13-19(23)20-15-8-9-17-18(12-15)25-11-10-24-17/h8-9,12,16H,2-7,10-11,13H2,1H3,(H,20,23). The van der Waals surface area contributed by atoms with Crippen LogP contribution in [0.4, 0.5) is 5.69 Å². The van der Waals surface area contributed by atoms with E-state index >= 15 is 0 Å². The lowest BCUT2D eigenvalue weighted by molar-refractivity contribution is -0.135. The minimum Gasteiger partial charge on any atom is -0.486 e. The van der Waals surface area contributed by atoms with Gasteiger partial charge in [0.25, 0.3) is 0 Å². The van der Waals surface area contributed by atoms with Crippen LogP contribution in [0.2, 0.25) is 0 Å². The van der Waals surface area contributed by atoms with E-state index in [-0.39, 0.29) is 24.4 Å². The molecule has 1 saturated carbocycles. The third-order valence-corrected chi connectivity index (χ3v) is 4.81. The molecule has 0 atom stereocenters. The first-order chi connectivity index (χ1) is 12.1. The summed E-state index contributed by atoms with van der Waals surface area (Å²) in [4.78, 5) is 26.2. The lowest BCUT2D eigenvalue weighted by Crippen LogP contribution is -2.43. The monoisotopic (exact) mass is 346 g/mol. The highest BCUT2D eigenvalue weighted by Gasteiger charge is 2.24. The molecule has 136 valence electrons. The van der Waals surface area contributed by atoms with Crippen molar-refractivity contribution in [3.63, 3.8) is 0 Å². The van der Waals surface area contributed by atoms with Crippen molar-refractivity contribution in [1.29, 1.82) is 0 Å². The van der Waals surface area contributed by atoms with Gasteiger partial charge in [-0.25, -0.2) is 0 Å². The summed E-state index contributed by atoms with van der Waals surface area (Å²) in [7, 11) is 0. The molecule has 1 aliphatic carbocycles. The van der Waals surface area contributed by atoms with E-state index < -0.39 is 0 Å². The Morgan fingerprint density at radius 1 is 1.08 bits per heavy atom. The van der Waals surface area contributed by atoms with Gasteiger partial charge in [-0.15, -0.1) is 0 Å². The second-order valence-electron chi connectivity index (χ2n) is 6.70. The van der Waals surface area contributed by atoms with Gasteiger partial charge in [-0.1, -0.05) is 25.7 Å². The molecule has 0 saturated heterocycles. The number of nitrogens with zero attached hydrogens (tertiary/aromatic N) is 1. The molecule has 2 aliphatic rings. The van der Waals surface area contributed by atoms with E-state index in [0.717, 1.165) is 25.7 Å². The first-order valence-electron chi connectivity index (χ1n) is 9.10. The van der Waals surface area contributed by atoms with E-state index in [2.05, 4.69) is 5.32 Å². The summed E-state index contributed by atoms with van der Waals surface area (Å²) in [6.07, 6.45) is 6.64. The van der Waals surface area contributed by atoms with Gasteiger partial charge in [0, 0.05) is 24.7 Å². The number of hydrogen-bond donors (Lipinski definition) is 1. The number of amides is 2. The summed E-state index contributed by atoms with van der Waals surface area (Å²) in [6.45, 7) is 2.68. The zero-order valence-corrected chi connectivity index (χ0v) is 14.8. The zero-order chi connectivity index (χ0) is 17.6. The molecular weight excluding hydrogens is 320 g/mol. The predicted molar refractivity (Wildman–Crippen MR) is 94.9 cm³/mol. The number of nitrogens with one attached hydrogen (secondary N) is 1. The summed E-state index contributed by atoms with van der Waals surface area (Å²) in [5.41, 5.74) is 0.651. The van der Waals surface area contributed by atoms with Crippen molar-refractivity contribution >= 4 is 17.5 Å². The molecule has 3 rings (SSSR count). The lowest BCUT2D eigenvalue weighted by atomic mass is 10.1. The predicted octanol–water partition coefficient (Wildman–Crippen LogP) is 2.97. The minimum atomic E-state index is -0.184. The summed E-state index contributed by atoms with van der Waals surface area (Å²) in [5.74, 6) is 1.10. The van der Waals surface area contributed by atoms with Crippen LogP contribution in [0.25, 0.3) is 0 Å². The molecule has 6 heteroatoms. The maximum Gasteiger partial charge on any atom is 0.244 e. The maximum absolute atomic E-state index is 12.4. The normalized spacial score (nSPS) is 17.5. The molecule has 1 fully saturated rings. The molecule has 1 aromatic rings. The van der Waals surface area contributed by atoms with E-state index in [0.29, 0.717) is 30.4 Å². The number of ether oxygens (including phenoxy) is 2. The van der Waals surface area contributed by atoms with E-state index in [1.165, 1.54) is 12.8 Å². The Bertz CT molecular complexity index is 624. The second kappa shape index (κ2) is 8.23.